The molecule has 1 unspecified atom stereocenters. The Labute approximate surface area is 106 Å². The fourth-order valence-corrected chi connectivity index (χ4v) is 2.69. The van der Waals surface area contributed by atoms with Crippen molar-refractivity contribution in [2.24, 2.45) is 5.92 Å². The predicted octanol–water partition coefficient (Wildman–Crippen LogP) is 1.62. The number of H-pyrrole nitrogens is 1. The van der Waals surface area contributed by atoms with Crippen molar-refractivity contribution in [3.8, 4) is 0 Å². The summed E-state index contributed by atoms with van der Waals surface area (Å²) in [6.45, 7) is 2.87. The fraction of sp³-hybridized carbons (Fsp3) is 0.462. The molecule has 0 spiro atoms. The molecule has 1 aliphatic rings. The van der Waals surface area contributed by atoms with Gasteiger partial charge in [0.05, 0.1) is 29.7 Å². The number of fused-ring (bicyclic) bond motifs is 1. The van der Waals surface area contributed by atoms with E-state index in [4.69, 9.17) is 10.5 Å². The molecule has 3 N–H and O–H groups in total. The largest absolute Gasteiger partial charge is 0.397 e. The average molecular weight is 246 g/mol. The van der Waals surface area contributed by atoms with Crippen molar-refractivity contribution in [1.82, 2.24) is 10.2 Å². The Kier molecular flexibility index (Phi) is 2.83. The number of hydrogen-bond acceptors (Lipinski definition) is 4. The third-order valence-electron chi connectivity index (χ3n) is 3.62. The highest BCUT2D eigenvalue weighted by Crippen LogP contribution is 2.32. The Bertz CT molecular complexity index is 551. The van der Waals surface area contributed by atoms with Gasteiger partial charge in [-0.2, -0.15) is 5.10 Å². The number of aromatic nitrogens is 2. The Balaban J connectivity index is 1.87. The highest BCUT2D eigenvalue weighted by atomic mass is 16.5. The van der Waals surface area contributed by atoms with Crippen LogP contribution in [0.3, 0.4) is 0 Å². The lowest BCUT2D eigenvalue weighted by atomic mass is 10.1. The van der Waals surface area contributed by atoms with Gasteiger partial charge in [-0.1, -0.05) is 0 Å². The summed E-state index contributed by atoms with van der Waals surface area (Å²) in [5.41, 5.74) is 9.09. The number of nitrogens with zero attached hydrogens (tertiary/aromatic N) is 2. The second kappa shape index (κ2) is 4.49. The molecule has 0 aliphatic carbocycles. The van der Waals surface area contributed by atoms with Gasteiger partial charge in [0, 0.05) is 31.5 Å². The van der Waals surface area contributed by atoms with E-state index in [0.29, 0.717) is 5.92 Å². The molecule has 3 rings (SSSR count). The molecule has 0 amide bonds. The van der Waals surface area contributed by atoms with Crippen LogP contribution >= 0.6 is 0 Å². The molecule has 1 atom stereocenters. The smallest absolute Gasteiger partial charge is 0.0672 e. The molecule has 0 radical (unpaired) electrons. The molecule has 5 heteroatoms. The van der Waals surface area contributed by atoms with Crippen molar-refractivity contribution in [3.63, 3.8) is 0 Å². The number of benzene rings is 1. The Morgan fingerprint density at radius 3 is 3.28 bits per heavy atom. The number of nitrogens with one attached hydrogen (secondary N) is 1. The lowest BCUT2D eigenvalue weighted by Gasteiger charge is -2.20. The molecular formula is C13H18N4O. The van der Waals surface area contributed by atoms with Crippen molar-refractivity contribution in [2.45, 2.75) is 6.42 Å². The van der Waals surface area contributed by atoms with Crippen LogP contribution in [0.25, 0.3) is 10.9 Å². The number of nitrogen functional groups attached to an aromatic ring is 1. The summed E-state index contributed by atoms with van der Waals surface area (Å²) >= 11 is 0. The summed E-state index contributed by atoms with van der Waals surface area (Å²) in [6, 6.07) is 4.07. The number of aromatic amines is 1. The summed E-state index contributed by atoms with van der Waals surface area (Å²) < 4.78 is 5.22. The van der Waals surface area contributed by atoms with Crippen LogP contribution in [0.2, 0.25) is 0 Å². The van der Waals surface area contributed by atoms with Gasteiger partial charge in [0.2, 0.25) is 0 Å². The van der Waals surface area contributed by atoms with E-state index in [1.54, 1.807) is 13.3 Å². The third kappa shape index (κ3) is 1.90. The summed E-state index contributed by atoms with van der Waals surface area (Å²) in [7, 11) is 1.76. The van der Waals surface area contributed by atoms with Gasteiger partial charge in [-0.25, -0.2) is 0 Å². The molecule has 18 heavy (non-hydrogen) atoms. The lowest BCUT2D eigenvalue weighted by Crippen LogP contribution is -2.22. The quantitative estimate of drug-likeness (QED) is 0.808. The standard InChI is InChI=1S/C13H18N4O/c1-18-8-9-2-3-17(7-9)13-5-12-10(4-11(13)14)6-15-16-12/h4-6,9H,2-3,7-8,14H2,1H3,(H,15,16). The van der Waals surface area contributed by atoms with Crippen LogP contribution in [-0.4, -0.2) is 37.0 Å². The molecule has 2 heterocycles. The molecule has 96 valence electrons. The Morgan fingerprint density at radius 1 is 1.56 bits per heavy atom. The minimum Gasteiger partial charge on any atom is -0.397 e. The van der Waals surface area contributed by atoms with Crippen LogP contribution in [0.5, 0.6) is 0 Å². The van der Waals surface area contributed by atoms with E-state index >= 15 is 0 Å². The summed E-state index contributed by atoms with van der Waals surface area (Å²) in [5.74, 6) is 0.604. The maximum atomic E-state index is 6.13. The van der Waals surface area contributed by atoms with Crippen molar-refractivity contribution in [2.75, 3.05) is 37.4 Å². The lowest BCUT2D eigenvalue weighted by molar-refractivity contribution is 0.161. The SMILES string of the molecule is COCC1CCN(c2cc3[nH]ncc3cc2N)C1. The summed E-state index contributed by atoms with van der Waals surface area (Å²) in [4.78, 5) is 2.33. The number of methoxy groups -OCH3 is 1. The molecular weight excluding hydrogens is 228 g/mol. The minimum absolute atomic E-state index is 0.604. The average Bonchev–Trinajstić information content (AvgIpc) is 2.96. The molecule has 5 nitrogen and oxygen atoms in total. The monoisotopic (exact) mass is 246 g/mol. The minimum atomic E-state index is 0.604. The first-order valence-electron chi connectivity index (χ1n) is 6.24. The van der Waals surface area contributed by atoms with Gasteiger partial charge in [0.25, 0.3) is 0 Å². The first-order valence-corrected chi connectivity index (χ1v) is 6.24. The zero-order valence-electron chi connectivity index (χ0n) is 10.5. The molecule has 0 bridgehead atoms. The highest BCUT2D eigenvalue weighted by Gasteiger charge is 2.24. The van der Waals surface area contributed by atoms with E-state index in [9.17, 15) is 0 Å². The van der Waals surface area contributed by atoms with Crippen LogP contribution in [0.1, 0.15) is 6.42 Å². The predicted molar refractivity (Wildman–Crippen MR) is 72.7 cm³/mol. The van der Waals surface area contributed by atoms with E-state index in [-0.39, 0.29) is 0 Å². The first-order chi connectivity index (χ1) is 8.78. The summed E-state index contributed by atoms with van der Waals surface area (Å²) in [5, 5.41) is 8.08. The number of anilines is 2. The van der Waals surface area contributed by atoms with Crippen molar-refractivity contribution in [3.05, 3.63) is 18.3 Å². The van der Waals surface area contributed by atoms with Crippen LogP contribution in [0.15, 0.2) is 18.3 Å². The zero-order chi connectivity index (χ0) is 12.5. The molecule has 1 aromatic heterocycles. The van der Waals surface area contributed by atoms with Gasteiger partial charge in [-0.3, -0.25) is 5.10 Å². The van der Waals surface area contributed by atoms with Crippen LogP contribution in [0.4, 0.5) is 11.4 Å². The van der Waals surface area contributed by atoms with E-state index < -0.39 is 0 Å². The van der Waals surface area contributed by atoms with Crippen molar-refractivity contribution in [1.29, 1.82) is 0 Å². The second-order valence-electron chi connectivity index (χ2n) is 4.92. The molecule has 1 saturated heterocycles. The van der Waals surface area contributed by atoms with E-state index in [1.807, 2.05) is 6.07 Å². The fourth-order valence-electron chi connectivity index (χ4n) is 2.69. The number of rotatable bonds is 3. The third-order valence-corrected chi connectivity index (χ3v) is 3.62. The van der Waals surface area contributed by atoms with Gasteiger partial charge in [0.1, 0.15) is 0 Å². The molecule has 1 aliphatic heterocycles. The molecule has 1 fully saturated rings. The molecule has 2 aromatic rings. The normalized spacial score (nSPS) is 19.8. The van der Waals surface area contributed by atoms with E-state index in [0.717, 1.165) is 48.4 Å². The van der Waals surface area contributed by atoms with Gasteiger partial charge in [-0.15, -0.1) is 0 Å². The van der Waals surface area contributed by atoms with Gasteiger partial charge >= 0.3 is 0 Å². The van der Waals surface area contributed by atoms with Crippen LogP contribution < -0.4 is 10.6 Å². The highest BCUT2D eigenvalue weighted by molar-refractivity contribution is 5.89. The number of nitrogens with two attached hydrogens (primary N) is 1. The van der Waals surface area contributed by atoms with Crippen LogP contribution in [-0.2, 0) is 4.74 Å². The van der Waals surface area contributed by atoms with Gasteiger partial charge in [-0.05, 0) is 18.6 Å². The molecule has 0 saturated carbocycles. The van der Waals surface area contributed by atoms with Gasteiger partial charge in [0.15, 0.2) is 0 Å². The zero-order valence-corrected chi connectivity index (χ0v) is 10.5. The Hall–Kier alpha value is -1.75. The first kappa shape index (κ1) is 11.3. The summed E-state index contributed by atoms with van der Waals surface area (Å²) in [6.07, 6.45) is 2.96. The maximum absolute atomic E-state index is 6.13. The molecule has 1 aromatic carbocycles. The maximum Gasteiger partial charge on any atom is 0.0672 e. The van der Waals surface area contributed by atoms with E-state index in [2.05, 4.69) is 21.2 Å². The van der Waals surface area contributed by atoms with Crippen LogP contribution in [0, 0.1) is 5.92 Å². The van der Waals surface area contributed by atoms with Gasteiger partial charge < -0.3 is 15.4 Å². The second-order valence-corrected chi connectivity index (χ2v) is 4.92. The number of ether oxygens (including phenoxy) is 1. The van der Waals surface area contributed by atoms with E-state index in [1.165, 1.54) is 0 Å². The van der Waals surface area contributed by atoms with Crippen molar-refractivity contribution < 1.29 is 4.74 Å². The van der Waals surface area contributed by atoms with Crippen molar-refractivity contribution >= 4 is 22.3 Å². The topological polar surface area (TPSA) is 67.2 Å². The Morgan fingerprint density at radius 2 is 2.44 bits per heavy atom. The number of hydrogen-bond donors (Lipinski definition) is 2.